The molecule has 0 bridgehead atoms. The van der Waals surface area contributed by atoms with E-state index in [1.165, 1.54) is 19.3 Å². The van der Waals surface area contributed by atoms with Crippen LogP contribution in [0.4, 0.5) is 0 Å². The Morgan fingerprint density at radius 1 is 1.09 bits per heavy atom. The van der Waals surface area contributed by atoms with Crippen molar-refractivity contribution in [2.24, 2.45) is 17.8 Å². The smallest absolute Gasteiger partial charge is 0.306 e. The second kappa shape index (κ2) is 12.7. The fraction of sp³-hybridized carbons (Fsp3) is 0.889. The second-order valence-electron chi connectivity index (χ2n) is 10.5. The molecule has 33 heavy (non-hydrogen) atoms. The van der Waals surface area contributed by atoms with Crippen molar-refractivity contribution < 1.29 is 28.5 Å². The fourth-order valence-electron chi connectivity index (χ4n) is 5.84. The van der Waals surface area contributed by atoms with Crippen LogP contribution < -0.4 is 0 Å². The highest BCUT2D eigenvalue weighted by atomic mass is 16.7. The van der Waals surface area contributed by atoms with Gasteiger partial charge in [-0.1, -0.05) is 45.3 Å². The highest BCUT2D eigenvalue weighted by Crippen LogP contribution is 2.44. The standard InChI is InChI=1S/C27H44O6/c1-3-4-9-19(2)16-20(31-26-10-5-7-14-29-26)12-13-21-22-17-25(28)32-24(22)18-23(21)33-27-11-6-8-15-30-27/h12-13,19-24,26-27H,3-11,14-18H2,1-2H3/b13-12+/t19-,20+,21+,22+,23+,24-,26?,27?/m1/s1. The summed E-state index contributed by atoms with van der Waals surface area (Å²) in [6.45, 7) is 6.12. The number of carbonyl (C=O) groups excluding carboxylic acids is 1. The number of esters is 1. The van der Waals surface area contributed by atoms with Crippen LogP contribution in [0.2, 0.25) is 0 Å². The molecule has 3 heterocycles. The summed E-state index contributed by atoms with van der Waals surface area (Å²) >= 11 is 0. The Kier molecular flexibility index (Phi) is 9.65. The first-order chi connectivity index (χ1) is 16.1. The van der Waals surface area contributed by atoms with E-state index in [1.54, 1.807) is 0 Å². The summed E-state index contributed by atoms with van der Waals surface area (Å²) in [5, 5.41) is 0. The number of hydrogen-bond donors (Lipinski definition) is 0. The Hall–Kier alpha value is -0.950. The van der Waals surface area contributed by atoms with Gasteiger partial charge < -0.3 is 23.7 Å². The van der Waals surface area contributed by atoms with Gasteiger partial charge in [-0.25, -0.2) is 0 Å². The lowest BCUT2D eigenvalue weighted by molar-refractivity contribution is -0.194. The molecule has 0 amide bonds. The monoisotopic (exact) mass is 464 g/mol. The zero-order chi connectivity index (χ0) is 23.0. The quantitative estimate of drug-likeness (QED) is 0.296. The van der Waals surface area contributed by atoms with Crippen molar-refractivity contribution in [2.75, 3.05) is 13.2 Å². The van der Waals surface area contributed by atoms with Crippen LogP contribution in [-0.2, 0) is 28.5 Å². The molecule has 4 fully saturated rings. The largest absolute Gasteiger partial charge is 0.462 e. The molecule has 0 spiro atoms. The molecule has 4 rings (SSSR count). The zero-order valence-corrected chi connectivity index (χ0v) is 20.6. The summed E-state index contributed by atoms with van der Waals surface area (Å²) in [5.41, 5.74) is 0. The third-order valence-electron chi connectivity index (χ3n) is 7.71. The predicted molar refractivity (Wildman–Crippen MR) is 125 cm³/mol. The summed E-state index contributed by atoms with van der Waals surface area (Å²) in [5.74, 6) is 0.855. The molecule has 0 aromatic carbocycles. The Balaban J connectivity index is 1.43. The van der Waals surface area contributed by atoms with E-state index in [4.69, 9.17) is 23.7 Å². The van der Waals surface area contributed by atoms with Gasteiger partial charge in [-0.05, 0) is 50.9 Å². The molecule has 0 N–H and O–H groups in total. The second-order valence-corrected chi connectivity index (χ2v) is 10.5. The van der Waals surface area contributed by atoms with Gasteiger partial charge in [0.25, 0.3) is 0 Å². The minimum atomic E-state index is -0.133. The average Bonchev–Trinajstić information content (AvgIpc) is 3.32. The lowest BCUT2D eigenvalue weighted by atomic mass is 9.90. The van der Waals surface area contributed by atoms with E-state index in [1.807, 2.05) is 0 Å². The first-order valence-electron chi connectivity index (χ1n) is 13.5. The molecule has 4 aliphatic rings. The van der Waals surface area contributed by atoms with E-state index in [9.17, 15) is 4.79 Å². The van der Waals surface area contributed by atoms with Crippen molar-refractivity contribution in [2.45, 2.75) is 122 Å². The minimum Gasteiger partial charge on any atom is -0.462 e. The van der Waals surface area contributed by atoms with Gasteiger partial charge in [0.15, 0.2) is 12.6 Å². The van der Waals surface area contributed by atoms with Crippen molar-refractivity contribution in [1.82, 2.24) is 0 Å². The Morgan fingerprint density at radius 3 is 2.55 bits per heavy atom. The maximum absolute atomic E-state index is 12.0. The number of ether oxygens (including phenoxy) is 5. The van der Waals surface area contributed by atoms with Gasteiger partial charge in [-0.3, -0.25) is 4.79 Å². The molecule has 0 radical (unpaired) electrons. The molecule has 1 aliphatic carbocycles. The number of rotatable bonds is 11. The molecular weight excluding hydrogens is 420 g/mol. The lowest BCUT2D eigenvalue weighted by Crippen LogP contribution is -2.31. The third-order valence-corrected chi connectivity index (χ3v) is 7.71. The summed E-state index contributed by atoms with van der Waals surface area (Å²) in [6, 6.07) is 0. The van der Waals surface area contributed by atoms with Crippen molar-refractivity contribution in [1.29, 1.82) is 0 Å². The molecule has 6 heteroatoms. The average molecular weight is 465 g/mol. The molecule has 188 valence electrons. The van der Waals surface area contributed by atoms with Gasteiger partial charge in [-0.15, -0.1) is 0 Å². The SMILES string of the molecule is CCCC[C@@H](C)C[C@H](/C=C/[C@H]1[C@@H]2CC(=O)O[C@@H]2C[C@@H]1OC1CCCCO1)OC1CCCCO1. The molecule has 6 nitrogen and oxygen atoms in total. The van der Waals surface area contributed by atoms with Crippen molar-refractivity contribution in [3.8, 4) is 0 Å². The van der Waals surface area contributed by atoms with Crippen LogP contribution in [0, 0.1) is 17.8 Å². The van der Waals surface area contributed by atoms with Crippen LogP contribution in [-0.4, -0.2) is 50.1 Å². The van der Waals surface area contributed by atoms with E-state index < -0.39 is 0 Å². The molecule has 0 aromatic heterocycles. The lowest BCUT2D eigenvalue weighted by Gasteiger charge is -2.30. The van der Waals surface area contributed by atoms with Crippen LogP contribution in [0.1, 0.15) is 90.9 Å². The summed E-state index contributed by atoms with van der Waals surface area (Å²) in [6.07, 6.45) is 16.6. The molecule has 2 unspecified atom stereocenters. The Morgan fingerprint density at radius 2 is 1.85 bits per heavy atom. The van der Waals surface area contributed by atoms with E-state index >= 15 is 0 Å². The minimum absolute atomic E-state index is 0.0172. The van der Waals surface area contributed by atoms with Crippen molar-refractivity contribution in [3.63, 3.8) is 0 Å². The fourth-order valence-corrected chi connectivity index (χ4v) is 5.84. The van der Waals surface area contributed by atoms with Crippen molar-refractivity contribution in [3.05, 3.63) is 12.2 Å². The van der Waals surface area contributed by atoms with Crippen LogP contribution in [0.25, 0.3) is 0 Å². The summed E-state index contributed by atoms with van der Waals surface area (Å²) in [7, 11) is 0. The van der Waals surface area contributed by atoms with E-state index in [-0.39, 0.29) is 48.7 Å². The van der Waals surface area contributed by atoms with Gasteiger partial charge in [-0.2, -0.15) is 0 Å². The number of hydrogen-bond acceptors (Lipinski definition) is 6. The number of carbonyl (C=O) groups is 1. The highest BCUT2D eigenvalue weighted by molar-refractivity contribution is 5.72. The number of unbranched alkanes of at least 4 members (excludes halogenated alkanes) is 1. The molecule has 3 saturated heterocycles. The van der Waals surface area contributed by atoms with E-state index in [0.717, 1.165) is 64.6 Å². The van der Waals surface area contributed by atoms with Crippen LogP contribution >= 0.6 is 0 Å². The maximum atomic E-state index is 12.0. The maximum Gasteiger partial charge on any atom is 0.306 e. The molecular formula is C27H44O6. The zero-order valence-electron chi connectivity index (χ0n) is 20.6. The first-order valence-corrected chi connectivity index (χ1v) is 13.5. The van der Waals surface area contributed by atoms with Gasteiger partial charge in [0, 0.05) is 31.5 Å². The van der Waals surface area contributed by atoms with E-state index in [0.29, 0.717) is 12.3 Å². The topological polar surface area (TPSA) is 63.2 Å². The first kappa shape index (κ1) is 25.2. The third kappa shape index (κ3) is 7.27. The van der Waals surface area contributed by atoms with Crippen molar-refractivity contribution >= 4 is 5.97 Å². The molecule has 8 atom stereocenters. The van der Waals surface area contributed by atoms with Crippen LogP contribution in [0.5, 0.6) is 0 Å². The summed E-state index contributed by atoms with van der Waals surface area (Å²) in [4.78, 5) is 12.0. The molecule has 0 aromatic rings. The van der Waals surface area contributed by atoms with Gasteiger partial charge in [0.05, 0.1) is 18.6 Å². The van der Waals surface area contributed by atoms with Gasteiger partial charge in [0.1, 0.15) is 6.10 Å². The predicted octanol–water partition coefficient (Wildman–Crippen LogP) is 5.53. The molecule has 3 aliphatic heterocycles. The Labute approximate surface area is 199 Å². The van der Waals surface area contributed by atoms with Crippen LogP contribution in [0.15, 0.2) is 12.2 Å². The normalized spacial score (nSPS) is 36.6. The van der Waals surface area contributed by atoms with E-state index in [2.05, 4.69) is 26.0 Å². The Bertz CT molecular complexity index is 624. The van der Waals surface area contributed by atoms with Crippen LogP contribution in [0.3, 0.4) is 0 Å². The summed E-state index contributed by atoms with van der Waals surface area (Å²) < 4.78 is 30.2. The molecule has 1 saturated carbocycles. The number of fused-ring (bicyclic) bond motifs is 1. The highest BCUT2D eigenvalue weighted by Gasteiger charge is 2.50. The van der Waals surface area contributed by atoms with Gasteiger partial charge >= 0.3 is 5.97 Å². The van der Waals surface area contributed by atoms with Gasteiger partial charge in [0.2, 0.25) is 0 Å².